The van der Waals surface area contributed by atoms with Crippen LogP contribution < -0.4 is 5.32 Å². The molecule has 0 bridgehead atoms. The largest absolute Gasteiger partial charge is 0.467 e. The highest BCUT2D eigenvalue weighted by Gasteiger charge is 2.12. The summed E-state index contributed by atoms with van der Waals surface area (Å²) in [5.74, 6) is 0.906. The second-order valence-corrected chi connectivity index (χ2v) is 6.28. The molecule has 1 heterocycles. The Bertz CT molecular complexity index is 757. The maximum absolute atomic E-state index is 5.64. The molecule has 0 amide bonds. The highest BCUT2D eigenvalue weighted by molar-refractivity contribution is 7.80. The van der Waals surface area contributed by atoms with Gasteiger partial charge in [-0.05, 0) is 41.9 Å². The lowest BCUT2D eigenvalue weighted by Crippen LogP contribution is -2.39. The van der Waals surface area contributed by atoms with E-state index in [-0.39, 0.29) is 0 Å². The monoisotopic (exact) mass is 350 g/mol. The predicted octanol–water partition coefficient (Wildman–Crippen LogP) is 4.40. The fourth-order valence-electron chi connectivity index (χ4n) is 2.66. The number of benzene rings is 2. The van der Waals surface area contributed by atoms with E-state index in [4.69, 9.17) is 16.6 Å². The van der Waals surface area contributed by atoms with Crippen LogP contribution in [0.4, 0.5) is 0 Å². The van der Waals surface area contributed by atoms with Crippen LogP contribution in [0.2, 0.25) is 0 Å². The zero-order chi connectivity index (χ0) is 17.3. The molecule has 0 unspecified atom stereocenters. The van der Waals surface area contributed by atoms with E-state index in [1.807, 2.05) is 36.4 Å². The summed E-state index contributed by atoms with van der Waals surface area (Å²) in [6.45, 7) is 2.21. The molecular weight excluding hydrogens is 328 g/mol. The number of nitrogens with zero attached hydrogens (tertiary/aromatic N) is 1. The van der Waals surface area contributed by atoms with Gasteiger partial charge < -0.3 is 14.6 Å². The van der Waals surface area contributed by atoms with Crippen molar-refractivity contribution in [3.8, 4) is 0 Å². The summed E-state index contributed by atoms with van der Waals surface area (Å²) in [7, 11) is 0. The van der Waals surface area contributed by atoms with E-state index in [2.05, 4.69) is 46.6 Å². The molecule has 0 aliphatic carbocycles. The number of thiocarbonyl (C=S) groups is 1. The van der Waals surface area contributed by atoms with Crippen molar-refractivity contribution in [2.24, 2.45) is 0 Å². The van der Waals surface area contributed by atoms with Gasteiger partial charge in [-0.3, -0.25) is 0 Å². The average molecular weight is 350 g/mol. The first-order valence-electron chi connectivity index (χ1n) is 8.44. The molecule has 0 spiro atoms. The molecule has 0 saturated heterocycles. The number of rotatable bonds is 7. The van der Waals surface area contributed by atoms with Crippen LogP contribution in [0.5, 0.6) is 0 Å². The first-order chi connectivity index (χ1) is 12.3. The smallest absolute Gasteiger partial charge is 0.169 e. The highest BCUT2D eigenvalue weighted by atomic mass is 32.1. The summed E-state index contributed by atoms with van der Waals surface area (Å²) in [4.78, 5) is 2.13. The lowest BCUT2D eigenvalue weighted by atomic mass is 10.1. The van der Waals surface area contributed by atoms with E-state index in [0.29, 0.717) is 6.54 Å². The number of hydrogen-bond acceptors (Lipinski definition) is 2. The summed E-state index contributed by atoms with van der Waals surface area (Å²) < 4.78 is 5.50. The van der Waals surface area contributed by atoms with Crippen LogP contribution in [0.1, 0.15) is 16.9 Å². The van der Waals surface area contributed by atoms with Crippen LogP contribution in [0.3, 0.4) is 0 Å². The van der Waals surface area contributed by atoms with E-state index in [1.165, 1.54) is 11.1 Å². The molecule has 128 valence electrons. The minimum atomic E-state index is 0.652. The Morgan fingerprint density at radius 3 is 2.16 bits per heavy atom. The Kier molecular flexibility index (Phi) is 6.23. The third-order valence-corrected chi connectivity index (χ3v) is 4.37. The van der Waals surface area contributed by atoms with Gasteiger partial charge in [-0.15, -0.1) is 0 Å². The number of furan rings is 1. The van der Waals surface area contributed by atoms with Crippen molar-refractivity contribution >= 4 is 17.3 Å². The molecule has 3 aromatic rings. The Hall–Kier alpha value is -2.59. The summed E-state index contributed by atoms with van der Waals surface area (Å²) in [5, 5.41) is 4.13. The quantitative estimate of drug-likeness (QED) is 0.640. The van der Waals surface area contributed by atoms with Crippen molar-refractivity contribution < 1.29 is 4.42 Å². The van der Waals surface area contributed by atoms with Gasteiger partial charge in [0.2, 0.25) is 0 Å². The standard InChI is InChI=1S/C21H22N2OS/c25-21(22-14-13-18-8-3-1-4-9-18)23(17-20-12-7-15-24-20)16-19-10-5-2-6-11-19/h1-12,15H,13-14,16-17H2,(H,22,25). The van der Waals surface area contributed by atoms with E-state index < -0.39 is 0 Å². The lowest BCUT2D eigenvalue weighted by Gasteiger charge is -2.25. The minimum Gasteiger partial charge on any atom is -0.467 e. The van der Waals surface area contributed by atoms with Crippen molar-refractivity contribution in [3.63, 3.8) is 0 Å². The van der Waals surface area contributed by atoms with Crippen molar-refractivity contribution in [1.82, 2.24) is 10.2 Å². The van der Waals surface area contributed by atoms with Crippen molar-refractivity contribution in [2.75, 3.05) is 6.54 Å². The van der Waals surface area contributed by atoms with Crippen LogP contribution >= 0.6 is 12.2 Å². The first-order valence-corrected chi connectivity index (χ1v) is 8.85. The van der Waals surface area contributed by atoms with E-state index in [9.17, 15) is 0 Å². The zero-order valence-corrected chi connectivity index (χ0v) is 14.9. The summed E-state index contributed by atoms with van der Waals surface area (Å²) in [6, 6.07) is 24.7. The molecule has 4 heteroatoms. The minimum absolute atomic E-state index is 0.652. The lowest BCUT2D eigenvalue weighted by molar-refractivity contribution is 0.351. The Labute approximate surface area is 154 Å². The second kappa shape index (κ2) is 9.04. The fourth-order valence-corrected chi connectivity index (χ4v) is 2.90. The molecule has 25 heavy (non-hydrogen) atoms. The molecule has 0 fully saturated rings. The molecular formula is C21H22N2OS. The predicted molar refractivity (Wildman–Crippen MR) is 105 cm³/mol. The summed E-state index contributed by atoms with van der Waals surface area (Å²) in [5.41, 5.74) is 2.53. The van der Waals surface area contributed by atoms with Crippen LogP contribution in [0, 0.1) is 0 Å². The van der Waals surface area contributed by atoms with Crippen molar-refractivity contribution in [2.45, 2.75) is 19.5 Å². The van der Waals surface area contributed by atoms with Gasteiger partial charge in [0.1, 0.15) is 5.76 Å². The fraction of sp³-hybridized carbons (Fsp3) is 0.190. The average Bonchev–Trinajstić information content (AvgIpc) is 3.16. The third-order valence-electron chi connectivity index (χ3n) is 3.96. The molecule has 0 aliphatic rings. The van der Waals surface area contributed by atoms with Gasteiger partial charge in [0, 0.05) is 13.1 Å². The van der Waals surface area contributed by atoms with Gasteiger partial charge in [-0.25, -0.2) is 0 Å². The molecule has 1 N–H and O–H groups in total. The molecule has 3 rings (SSSR count). The normalized spacial score (nSPS) is 10.4. The van der Waals surface area contributed by atoms with Crippen LogP contribution in [-0.2, 0) is 19.5 Å². The SMILES string of the molecule is S=C(NCCc1ccccc1)N(Cc1ccccc1)Cc1ccco1. The maximum Gasteiger partial charge on any atom is 0.169 e. The van der Waals surface area contributed by atoms with Gasteiger partial charge in [0.05, 0.1) is 12.8 Å². The molecule has 0 saturated carbocycles. The Morgan fingerprint density at radius 1 is 0.840 bits per heavy atom. The Balaban J connectivity index is 1.60. The molecule has 0 radical (unpaired) electrons. The molecule has 1 aromatic heterocycles. The molecule has 2 aromatic carbocycles. The van der Waals surface area contributed by atoms with E-state index >= 15 is 0 Å². The molecule has 0 aliphatic heterocycles. The van der Waals surface area contributed by atoms with Gasteiger partial charge in [-0.2, -0.15) is 0 Å². The maximum atomic E-state index is 5.64. The number of nitrogens with one attached hydrogen (secondary N) is 1. The summed E-state index contributed by atoms with van der Waals surface area (Å²) in [6.07, 6.45) is 2.64. The topological polar surface area (TPSA) is 28.4 Å². The van der Waals surface area contributed by atoms with E-state index in [0.717, 1.165) is 30.4 Å². The Morgan fingerprint density at radius 2 is 1.52 bits per heavy atom. The van der Waals surface area contributed by atoms with Crippen LogP contribution in [-0.4, -0.2) is 16.6 Å². The summed E-state index contributed by atoms with van der Waals surface area (Å²) >= 11 is 5.64. The zero-order valence-electron chi connectivity index (χ0n) is 14.1. The number of hydrogen-bond donors (Lipinski definition) is 1. The molecule has 0 atom stereocenters. The van der Waals surface area contributed by atoms with Gasteiger partial charge in [0.15, 0.2) is 5.11 Å². The van der Waals surface area contributed by atoms with Gasteiger partial charge in [-0.1, -0.05) is 60.7 Å². The molecule has 3 nitrogen and oxygen atoms in total. The highest BCUT2D eigenvalue weighted by Crippen LogP contribution is 2.11. The van der Waals surface area contributed by atoms with Crippen molar-refractivity contribution in [1.29, 1.82) is 0 Å². The van der Waals surface area contributed by atoms with Crippen molar-refractivity contribution in [3.05, 3.63) is 95.9 Å². The van der Waals surface area contributed by atoms with E-state index in [1.54, 1.807) is 6.26 Å². The first kappa shape index (κ1) is 17.2. The van der Waals surface area contributed by atoms with Gasteiger partial charge in [0.25, 0.3) is 0 Å². The second-order valence-electron chi connectivity index (χ2n) is 5.89. The van der Waals surface area contributed by atoms with Crippen LogP contribution in [0.25, 0.3) is 0 Å². The van der Waals surface area contributed by atoms with Crippen LogP contribution in [0.15, 0.2) is 83.5 Å². The third kappa shape index (κ3) is 5.47. The van der Waals surface area contributed by atoms with Gasteiger partial charge >= 0.3 is 0 Å².